The van der Waals surface area contributed by atoms with Gasteiger partial charge in [0.25, 0.3) is 0 Å². The Labute approximate surface area is 107 Å². The van der Waals surface area contributed by atoms with Crippen LogP contribution in [0.15, 0.2) is 0 Å². The molecule has 0 spiro atoms. The van der Waals surface area contributed by atoms with E-state index in [1.165, 1.54) is 45.4 Å². The average molecular weight is 239 g/mol. The van der Waals surface area contributed by atoms with Gasteiger partial charge < -0.3 is 5.32 Å². The zero-order chi connectivity index (χ0) is 12.3. The maximum atomic E-state index is 3.67. The quantitative estimate of drug-likeness (QED) is 0.803. The Morgan fingerprint density at radius 2 is 1.82 bits per heavy atom. The second-order valence-electron chi connectivity index (χ2n) is 5.83. The highest BCUT2D eigenvalue weighted by atomic mass is 15.3. The number of nitrogens with zero attached hydrogens (tertiary/aromatic N) is 2. The standard InChI is InChI=1S/C14H29N3/c1-4-15-13-6-5-7-14(13)17-10-8-16(9-11-17)12(2)3/h12-15H,4-11H2,1-3H3. The molecule has 1 saturated carbocycles. The Balaban J connectivity index is 1.83. The van der Waals surface area contributed by atoms with Crippen molar-refractivity contribution in [2.24, 2.45) is 0 Å². The van der Waals surface area contributed by atoms with E-state index in [0.29, 0.717) is 6.04 Å². The van der Waals surface area contributed by atoms with Crippen LogP contribution in [0.25, 0.3) is 0 Å². The van der Waals surface area contributed by atoms with E-state index in [-0.39, 0.29) is 0 Å². The summed E-state index contributed by atoms with van der Waals surface area (Å²) in [7, 11) is 0. The van der Waals surface area contributed by atoms with Gasteiger partial charge in [-0.05, 0) is 33.2 Å². The third-order valence-corrected chi connectivity index (χ3v) is 4.49. The molecule has 2 aliphatic rings. The van der Waals surface area contributed by atoms with Gasteiger partial charge in [0.1, 0.15) is 0 Å². The maximum absolute atomic E-state index is 3.67. The molecule has 0 aromatic carbocycles. The van der Waals surface area contributed by atoms with E-state index in [1.807, 2.05) is 0 Å². The number of likely N-dealkylation sites (N-methyl/N-ethyl adjacent to an activating group) is 1. The van der Waals surface area contributed by atoms with Gasteiger partial charge >= 0.3 is 0 Å². The first-order valence-electron chi connectivity index (χ1n) is 7.44. The lowest BCUT2D eigenvalue weighted by Gasteiger charge is -2.41. The van der Waals surface area contributed by atoms with Gasteiger partial charge in [0.2, 0.25) is 0 Å². The van der Waals surface area contributed by atoms with Crippen LogP contribution in [0.3, 0.4) is 0 Å². The molecule has 2 fully saturated rings. The summed E-state index contributed by atoms with van der Waals surface area (Å²) in [5, 5.41) is 3.67. The van der Waals surface area contributed by atoms with Crippen molar-refractivity contribution in [1.82, 2.24) is 15.1 Å². The molecule has 0 radical (unpaired) electrons. The van der Waals surface area contributed by atoms with Crippen molar-refractivity contribution in [1.29, 1.82) is 0 Å². The van der Waals surface area contributed by atoms with E-state index in [0.717, 1.165) is 18.6 Å². The third kappa shape index (κ3) is 3.21. The van der Waals surface area contributed by atoms with Crippen molar-refractivity contribution >= 4 is 0 Å². The predicted octanol–water partition coefficient (Wildman–Crippen LogP) is 1.54. The first kappa shape index (κ1) is 13.3. The summed E-state index contributed by atoms with van der Waals surface area (Å²) in [6, 6.07) is 2.28. The van der Waals surface area contributed by atoms with Crippen LogP contribution in [0.5, 0.6) is 0 Å². The van der Waals surface area contributed by atoms with Crippen LogP contribution in [0.2, 0.25) is 0 Å². The molecule has 1 aliphatic heterocycles. The summed E-state index contributed by atoms with van der Waals surface area (Å²) in [5.41, 5.74) is 0. The van der Waals surface area contributed by atoms with E-state index in [4.69, 9.17) is 0 Å². The molecule has 2 unspecified atom stereocenters. The lowest BCUT2D eigenvalue weighted by molar-refractivity contribution is 0.0710. The molecule has 1 aliphatic carbocycles. The normalized spacial score (nSPS) is 32.5. The molecule has 0 bridgehead atoms. The molecule has 0 amide bonds. The summed E-state index contributed by atoms with van der Waals surface area (Å²) in [4.78, 5) is 5.34. The molecular formula is C14H29N3. The highest BCUT2D eigenvalue weighted by molar-refractivity contribution is 4.92. The zero-order valence-electron chi connectivity index (χ0n) is 11.8. The van der Waals surface area contributed by atoms with Gasteiger partial charge in [-0.25, -0.2) is 0 Å². The van der Waals surface area contributed by atoms with Gasteiger partial charge in [0, 0.05) is 44.3 Å². The highest BCUT2D eigenvalue weighted by Gasteiger charge is 2.33. The van der Waals surface area contributed by atoms with E-state index >= 15 is 0 Å². The van der Waals surface area contributed by atoms with Crippen molar-refractivity contribution < 1.29 is 0 Å². The third-order valence-electron chi connectivity index (χ3n) is 4.49. The minimum Gasteiger partial charge on any atom is -0.313 e. The van der Waals surface area contributed by atoms with Gasteiger partial charge in [-0.15, -0.1) is 0 Å². The molecule has 0 aromatic rings. The second kappa shape index (κ2) is 6.17. The smallest absolute Gasteiger partial charge is 0.0250 e. The lowest BCUT2D eigenvalue weighted by atomic mass is 10.1. The molecule has 2 rings (SSSR count). The summed E-state index contributed by atoms with van der Waals surface area (Å²) in [5.74, 6) is 0. The van der Waals surface area contributed by atoms with Crippen LogP contribution in [0.1, 0.15) is 40.0 Å². The van der Waals surface area contributed by atoms with Crippen molar-refractivity contribution in [3.63, 3.8) is 0 Å². The first-order chi connectivity index (χ1) is 8.22. The topological polar surface area (TPSA) is 18.5 Å². The van der Waals surface area contributed by atoms with Crippen LogP contribution in [0.4, 0.5) is 0 Å². The Bertz CT molecular complexity index is 222. The SMILES string of the molecule is CCNC1CCCC1N1CCN(C(C)C)CC1. The Hall–Kier alpha value is -0.120. The fraction of sp³-hybridized carbons (Fsp3) is 1.00. The lowest BCUT2D eigenvalue weighted by Crippen LogP contribution is -2.55. The fourth-order valence-electron chi connectivity index (χ4n) is 3.46. The van der Waals surface area contributed by atoms with Crippen molar-refractivity contribution in [3.8, 4) is 0 Å². The molecule has 0 aromatic heterocycles. The van der Waals surface area contributed by atoms with E-state index in [9.17, 15) is 0 Å². The number of rotatable bonds is 4. The van der Waals surface area contributed by atoms with Crippen molar-refractivity contribution in [2.45, 2.75) is 58.2 Å². The van der Waals surface area contributed by atoms with Gasteiger partial charge in [-0.1, -0.05) is 13.3 Å². The van der Waals surface area contributed by atoms with E-state index in [1.54, 1.807) is 0 Å². The summed E-state index contributed by atoms with van der Waals surface area (Å²) < 4.78 is 0. The van der Waals surface area contributed by atoms with Crippen LogP contribution in [-0.4, -0.2) is 60.6 Å². The molecule has 1 heterocycles. The van der Waals surface area contributed by atoms with Crippen LogP contribution in [-0.2, 0) is 0 Å². The van der Waals surface area contributed by atoms with Crippen LogP contribution in [0, 0.1) is 0 Å². The summed E-state index contributed by atoms with van der Waals surface area (Å²) >= 11 is 0. The van der Waals surface area contributed by atoms with Gasteiger partial charge in [0.05, 0.1) is 0 Å². The molecule has 3 heteroatoms. The number of piperazine rings is 1. The number of hydrogen-bond acceptors (Lipinski definition) is 3. The first-order valence-corrected chi connectivity index (χ1v) is 7.44. The molecule has 100 valence electrons. The van der Waals surface area contributed by atoms with E-state index in [2.05, 4.69) is 35.9 Å². The number of nitrogens with one attached hydrogen (secondary N) is 1. The van der Waals surface area contributed by atoms with Crippen LogP contribution < -0.4 is 5.32 Å². The minimum absolute atomic E-state index is 0.713. The molecule has 3 nitrogen and oxygen atoms in total. The van der Waals surface area contributed by atoms with E-state index < -0.39 is 0 Å². The molecule has 1 saturated heterocycles. The maximum Gasteiger partial charge on any atom is 0.0250 e. The molecule has 17 heavy (non-hydrogen) atoms. The van der Waals surface area contributed by atoms with Crippen LogP contribution >= 0.6 is 0 Å². The minimum atomic E-state index is 0.713. The fourth-order valence-corrected chi connectivity index (χ4v) is 3.46. The summed E-state index contributed by atoms with van der Waals surface area (Å²) in [6.45, 7) is 13.0. The monoisotopic (exact) mass is 239 g/mol. The van der Waals surface area contributed by atoms with Crippen molar-refractivity contribution in [3.05, 3.63) is 0 Å². The number of hydrogen-bond donors (Lipinski definition) is 1. The highest BCUT2D eigenvalue weighted by Crippen LogP contribution is 2.25. The average Bonchev–Trinajstić information content (AvgIpc) is 2.78. The largest absolute Gasteiger partial charge is 0.313 e. The second-order valence-corrected chi connectivity index (χ2v) is 5.83. The molecular weight excluding hydrogens is 210 g/mol. The zero-order valence-corrected chi connectivity index (χ0v) is 11.8. The Morgan fingerprint density at radius 3 is 2.41 bits per heavy atom. The van der Waals surface area contributed by atoms with Gasteiger partial charge in [0.15, 0.2) is 0 Å². The Kier molecular flexibility index (Phi) is 4.83. The van der Waals surface area contributed by atoms with Gasteiger partial charge in [-0.3, -0.25) is 9.80 Å². The molecule has 2 atom stereocenters. The molecule has 1 N–H and O–H groups in total. The van der Waals surface area contributed by atoms with Crippen molar-refractivity contribution in [2.75, 3.05) is 32.7 Å². The Morgan fingerprint density at radius 1 is 1.12 bits per heavy atom. The summed E-state index contributed by atoms with van der Waals surface area (Å²) in [6.07, 6.45) is 4.19. The predicted molar refractivity (Wildman–Crippen MR) is 73.4 cm³/mol. The van der Waals surface area contributed by atoms with Gasteiger partial charge in [-0.2, -0.15) is 0 Å².